The number of fused-ring (bicyclic) bond motifs is 1. The van der Waals surface area contributed by atoms with Crippen molar-refractivity contribution in [3.8, 4) is 5.75 Å². The molecule has 1 N–H and O–H groups in total. The summed E-state index contributed by atoms with van der Waals surface area (Å²) in [4.78, 5) is 0. The fourth-order valence-corrected chi connectivity index (χ4v) is 2.33. The summed E-state index contributed by atoms with van der Waals surface area (Å²) in [6, 6.07) is 7.78. The van der Waals surface area contributed by atoms with E-state index in [9.17, 15) is 8.42 Å². The Morgan fingerprint density at radius 1 is 1.44 bits per heavy atom. The molecule has 1 aliphatic heterocycles. The highest BCUT2D eigenvalue weighted by molar-refractivity contribution is 7.89. The van der Waals surface area contributed by atoms with E-state index in [-0.39, 0.29) is 11.9 Å². The van der Waals surface area contributed by atoms with Crippen LogP contribution < -0.4 is 9.46 Å². The summed E-state index contributed by atoms with van der Waals surface area (Å²) in [5.41, 5.74) is 1.14. The molecule has 0 saturated carbocycles. The Hall–Kier alpha value is -1.07. The smallest absolute Gasteiger partial charge is 0.211 e. The van der Waals surface area contributed by atoms with Crippen LogP contribution in [0, 0.1) is 0 Å². The van der Waals surface area contributed by atoms with E-state index in [4.69, 9.17) is 4.74 Å². The molecule has 0 spiro atoms. The van der Waals surface area contributed by atoms with Crippen molar-refractivity contribution in [2.24, 2.45) is 0 Å². The average molecular weight is 241 g/mol. The highest BCUT2D eigenvalue weighted by atomic mass is 32.2. The third-order valence-corrected chi connectivity index (χ3v) is 3.99. The molecule has 0 fully saturated rings. The second kappa shape index (κ2) is 4.43. The predicted octanol–water partition coefficient (Wildman–Crippen LogP) is 0.929. The molecule has 2 rings (SSSR count). The van der Waals surface area contributed by atoms with E-state index in [1.54, 1.807) is 6.92 Å². The van der Waals surface area contributed by atoms with E-state index < -0.39 is 10.0 Å². The molecule has 0 bridgehead atoms. The van der Waals surface area contributed by atoms with Crippen LogP contribution in [-0.4, -0.2) is 26.8 Å². The van der Waals surface area contributed by atoms with E-state index in [1.807, 2.05) is 24.3 Å². The Labute approximate surface area is 95.7 Å². The van der Waals surface area contributed by atoms with Crippen molar-refractivity contribution < 1.29 is 13.2 Å². The van der Waals surface area contributed by atoms with Gasteiger partial charge in [0, 0.05) is 13.0 Å². The van der Waals surface area contributed by atoms with Gasteiger partial charge in [-0.3, -0.25) is 0 Å². The van der Waals surface area contributed by atoms with Gasteiger partial charge in [-0.1, -0.05) is 18.2 Å². The van der Waals surface area contributed by atoms with Gasteiger partial charge >= 0.3 is 0 Å². The van der Waals surface area contributed by atoms with Gasteiger partial charge in [0.1, 0.15) is 11.9 Å². The number of rotatable bonds is 4. The van der Waals surface area contributed by atoms with Crippen LogP contribution in [0.25, 0.3) is 0 Å². The SMILES string of the molecule is CCS(=O)(=O)NCC1Cc2ccccc2O1. The van der Waals surface area contributed by atoms with Crippen LogP contribution in [0.4, 0.5) is 0 Å². The number of benzene rings is 1. The molecular formula is C11H15NO3S. The van der Waals surface area contributed by atoms with Crippen LogP contribution in [0.15, 0.2) is 24.3 Å². The van der Waals surface area contributed by atoms with Crippen LogP contribution in [0.5, 0.6) is 5.75 Å². The summed E-state index contributed by atoms with van der Waals surface area (Å²) < 4.78 is 30.7. The average Bonchev–Trinajstić information content (AvgIpc) is 2.69. The number of para-hydroxylation sites is 1. The zero-order valence-electron chi connectivity index (χ0n) is 9.14. The molecule has 1 heterocycles. The Balaban J connectivity index is 1.93. The second-order valence-electron chi connectivity index (χ2n) is 3.80. The van der Waals surface area contributed by atoms with Crippen LogP contribution in [0.2, 0.25) is 0 Å². The van der Waals surface area contributed by atoms with Crippen molar-refractivity contribution in [3.63, 3.8) is 0 Å². The van der Waals surface area contributed by atoms with Crippen molar-refractivity contribution in [1.29, 1.82) is 0 Å². The molecule has 1 aliphatic rings. The number of hydrogen-bond acceptors (Lipinski definition) is 3. The van der Waals surface area contributed by atoms with Gasteiger partial charge in [-0.05, 0) is 18.6 Å². The molecule has 88 valence electrons. The third kappa shape index (κ3) is 2.54. The molecule has 1 aromatic carbocycles. The van der Waals surface area contributed by atoms with Crippen LogP contribution in [0.1, 0.15) is 12.5 Å². The number of ether oxygens (including phenoxy) is 1. The molecule has 4 nitrogen and oxygen atoms in total. The largest absolute Gasteiger partial charge is 0.488 e. The van der Waals surface area contributed by atoms with E-state index >= 15 is 0 Å². The van der Waals surface area contributed by atoms with Crippen molar-refractivity contribution in [2.45, 2.75) is 19.4 Å². The molecule has 0 aliphatic carbocycles. The first-order valence-electron chi connectivity index (χ1n) is 5.32. The standard InChI is InChI=1S/C11H15NO3S/c1-2-16(13,14)12-8-10-7-9-5-3-4-6-11(9)15-10/h3-6,10,12H,2,7-8H2,1H3. The van der Waals surface area contributed by atoms with Gasteiger partial charge in [0.25, 0.3) is 0 Å². The van der Waals surface area contributed by atoms with Crippen molar-refractivity contribution in [1.82, 2.24) is 4.72 Å². The van der Waals surface area contributed by atoms with Gasteiger partial charge in [0.15, 0.2) is 0 Å². The molecule has 16 heavy (non-hydrogen) atoms. The van der Waals surface area contributed by atoms with Crippen molar-refractivity contribution in [2.75, 3.05) is 12.3 Å². The lowest BCUT2D eigenvalue weighted by Crippen LogP contribution is -2.35. The summed E-state index contributed by atoms with van der Waals surface area (Å²) in [6.07, 6.45) is 0.682. The maximum Gasteiger partial charge on any atom is 0.211 e. The van der Waals surface area contributed by atoms with Crippen LogP contribution in [-0.2, 0) is 16.4 Å². The predicted molar refractivity (Wildman–Crippen MR) is 62.0 cm³/mol. The summed E-state index contributed by atoms with van der Waals surface area (Å²) in [5.74, 6) is 0.968. The Kier molecular flexibility index (Phi) is 3.16. The summed E-state index contributed by atoms with van der Waals surface area (Å²) in [7, 11) is -3.12. The van der Waals surface area contributed by atoms with Gasteiger partial charge in [0.2, 0.25) is 10.0 Å². The van der Waals surface area contributed by atoms with E-state index in [1.165, 1.54) is 0 Å². The van der Waals surface area contributed by atoms with E-state index in [0.717, 1.165) is 17.7 Å². The minimum atomic E-state index is -3.12. The Morgan fingerprint density at radius 2 is 2.19 bits per heavy atom. The first kappa shape index (κ1) is 11.4. The van der Waals surface area contributed by atoms with Gasteiger partial charge in [-0.2, -0.15) is 0 Å². The van der Waals surface area contributed by atoms with E-state index in [2.05, 4.69) is 4.72 Å². The quantitative estimate of drug-likeness (QED) is 0.853. The monoisotopic (exact) mass is 241 g/mol. The number of hydrogen-bond donors (Lipinski definition) is 1. The second-order valence-corrected chi connectivity index (χ2v) is 5.90. The number of sulfonamides is 1. The lowest BCUT2D eigenvalue weighted by Gasteiger charge is -2.11. The Morgan fingerprint density at radius 3 is 2.88 bits per heavy atom. The zero-order chi connectivity index (χ0) is 11.6. The molecule has 0 radical (unpaired) electrons. The lowest BCUT2D eigenvalue weighted by molar-refractivity contribution is 0.236. The lowest BCUT2D eigenvalue weighted by atomic mass is 10.1. The van der Waals surface area contributed by atoms with Crippen LogP contribution >= 0.6 is 0 Å². The fraction of sp³-hybridized carbons (Fsp3) is 0.455. The van der Waals surface area contributed by atoms with Gasteiger partial charge in [-0.15, -0.1) is 0 Å². The third-order valence-electron chi connectivity index (χ3n) is 2.62. The summed E-state index contributed by atoms with van der Waals surface area (Å²) in [6.45, 7) is 1.96. The molecule has 5 heteroatoms. The molecule has 0 saturated heterocycles. The molecule has 0 amide bonds. The Bertz CT molecular complexity index is 445. The van der Waals surface area contributed by atoms with Gasteiger partial charge < -0.3 is 4.74 Å². The highest BCUT2D eigenvalue weighted by Gasteiger charge is 2.23. The summed E-state index contributed by atoms with van der Waals surface area (Å²) in [5, 5.41) is 0. The molecular weight excluding hydrogens is 226 g/mol. The molecule has 1 atom stereocenters. The highest BCUT2D eigenvalue weighted by Crippen LogP contribution is 2.27. The van der Waals surface area contributed by atoms with Gasteiger partial charge in [-0.25, -0.2) is 13.1 Å². The normalized spacial score (nSPS) is 19.2. The van der Waals surface area contributed by atoms with Crippen molar-refractivity contribution >= 4 is 10.0 Å². The first-order valence-corrected chi connectivity index (χ1v) is 6.98. The summed E-state index contributed by atoms with van der Waals surface area (Å²) >= 11 is 0. The first-order chi connectivity index (χ1) is 7.61. The molecule has 0 aromatic heterocycles. The minimum Gasteiger partial charge on any atom is -0.488 e. The van der Waals surface area contributed by atoms with Crippen molar-refractivity contribution in [3.05, 3.63) is 29.8 Å². The fourth-order valence-electron chi connectivity index (χ4n) is 1.69. The van der Waals surface area contributed by atoms with Crippen LogP contribution in [0.3, 0.4) is 0 Å². The topological polar surface area (TPSA) is 55.4 Å². The minimum absolute atomic E-state index is 0.0845. The molecule has 1 unspecified atom stereocenters. The van der Waals surface area contributed by atoms with E-state index in [0.29, 0.717) is 6.54 Å². The number of nitrogens with one attached hydrogen (secondary N) is 1. The zero-order valence-corrected chi connectivity index (χ0v) is 9.96. The van der Waals surface area contributed by atoms with Gasteiger partial charge in [0.05, 0.1) is 5.75 Å². The molecule has 1 aromatic rings. The maximum atomic E-state index is 11.3. The maximum absolute atomic E-state index is 11.3.